The molecule has 86 valence electrons. The van der Waals surface area contributed by atoms with Gasteiger partial charge in [0.05, 0.1) is 0 Å². The molecule has 0 aliphatic heterocycles. The van der Waals surface area contributed by atoms with Gasteiger partial charge in [-0.1, -0.05) is 33.8 Å². The molecule has 0 aromatic carbocycles. The number of nitrogens with one attached hydrogen (secondary N) is 1. The van der Waals surface area contributed by atoms with E-state index in [2.05, 4.69) is 39.1 Å². The third-order valence-corrected chi connectivity index (χ3v) is 2.83. The summed E-state index contributed by atoms with van der Waals surface area (Å²) >= 11 is 5.47. The van der Waals surface area contributed by atoms with Crippen molar-refractivity contribution in [3.63, 3.8) is 0 Å². The van der Waals surface area contributed by atoms with E-state index < -0.39 is 0 Å². The highest BCUT2D eigenvalue weighted by Gasteiger charge is 2.33. The molecule has 0 fully saturated rings. The number of rotatable bonds is 2. The Labute approximate surface area is 97.1 Å². The molecule has 0 unspecified atom stereocenters. The lowest BCUT2D eigenvalue weighted by molar-refractivity contribution is -0.118. The highest BCUT2D eigenvalue weighted by molar-refractivity contribution is 6.27. The van der Waals surface area contributed by atoms with Gasteiger partial charge in [-0.2, -0.15) is 0 Å². The van der Waals surface area contributed by atoms with E-state index in [1.165, 1.54) is 0 Å². The first kappa shape index (κ1) is 12.6. The van der Waals surface area contributed by atoms with Gasteiger partial charge >= 0.3 is 0 Å². The number of amides is 1. The summed E-state index contributed by atoms with van der Waals surface area (Å²) < 4.78 is 0. The van der Waals surface area contributed by atoms with Gasteiger partial charge in [0.25, 0.3) is 0 Å². The number of alkyl halides is 1. The summed E-state index contributed by atoms with van der Waals surface area (Å²) in [6, 6.07) is 0. The molecule has 1 N–H and O–H groups in total. The average molecular weight is 230 g/mol. The van der Waals surface area contributed by atoms with Crippen LogP contribution in [0.1, 0.15) is 40.5 Å². The predicted octanol–water partition coefficient (Wildman–Crippen LogP) is 3.07. The first-order chi connectivity index (χ1) is 6.74. The standard InChI is InChI=1S/C12H20ClNO/c1-11(2)5-9(14-10(15)7-13)6-12(3,4)8-11/h5H,6-8H2,1-4H3,(H,14,15). The fourth-order valence-corrected chi connectivity index (χ4v) is 2.74. The summed E-state index contributed by atoms with van der Waals surface area (Å²) in [6.07, 6.45) is 4.21. The lowest BCUT2D eigenvalue weighted by atomic mass is 9.68. The molecule has 0 aromatic heterocycles. The molecular weight excluding hydrogens is 210 g/mol. The van der Waals surface area contributed by atoms with E-state index in [-0.39, 0.29) is 22.6 Å². The minimum absolute atomic E-state index is 0.0260. The van der Waals surface area contributed by atoms with E-state index in [0.717, 1.165) is 18.5 Å². The van der Waals surface area contributed by atoms with Crippen LogP contribution in [0.3, 0.4) is 0 Å². The molecule has 3 heteroatoms. The Balaban J connectivity index is 2.80. The second kappa shape index (κ2) is 4.17. The minimum Gasteiger partial charge on any atom is -0.329 e. The van der Waals surface area contributed by atoms with E-state index in [1.54, 1.807) is 0 Å². The molecule has 1 aliphatic carbocycles. The molecule has 2 nitrogen and oxygen atoms in total. The van der Waals surface area contributed by atoms with Crippen LogP contribution in [0, 0.1) is 10.8 Å². The minimum atomic E-state index is -0.114. The number of allylic oxidation sites excluding steroid dienone is 2. The predicted molar refractivity (Wildman–Crippen MR) is 63.7 cm³/mol. The Morgan fingerprint density at radius 2 is 2.07 bits per heavy atom. The molecular formula is C12H20ClNO. The van der Waals surface area contributed by atoms with Crippen LogP contribution in [-0.4, -0.2) is 11.8 Å². The molecule has 0 spiro atoms. The van der Waals surface area contributed by atoms with Gasteiger partial charge in [-0.05, 0) is 23.7 Å². The van der Waals surface area contributed by atoms with E-state index in [4.69, 9.17) is 11.6 Å². The molecule has 1 rings (SSSR count). The molecule has 0 aromatic rings. The van der Waals surface area contributed by atoms with Crippen molar-refractivity contribution in [3.8, 4) is 0 Å². The van der Waals surface area contributed by atoms with Crippen molar-refractivity contribution in [3.05, 3.63) is 11.8 Å². The Morgan fingerprint density at radius 1 is 1.47 bits per heavy atom. The molecule has 0 bridgehead atoms. The van der Waals surface area contributed by atoms with Gasteiger partial charge in [0.15, 0.2) is 0 Å². The van der Waals surface area contributed by atoms with Gasteiger partial charge in [-0.25, -0.2) is 0 Å². The average Bonchev–Trinajstić information content (AvgIpc) is 1.97. The largest absolute Gasteiger partial charge is 0.329 e. The van der Waals surface area contributed by atoms with Crippen LogP contribution in [0.15, 0.2) is 11.8 Å². The van der Waals surface area contributed by atoms with Crippen molar-refractivity contribution < 1.29 is 4.79 Å². The van der Waals surface area contributed by atoms with Gasteiger partial charge < -0.3 is 5.32 Å². The van der Waals surface area contributed by atoms with Crippen molar-refractivity contribution in [2.45, 2.75) is 40.5 Å². The van der Waals surface area contributed by atoms with Crippen LogP contribution in [0.5, 0.6) is 0 Å². The second-order valence-corrected chi connectivity index (χ2v) is 6.12. The van der Waals surface area contributed by atoms with E-state index in [1.807, 2.05) is 0 Å². The maximum Gasteiger partial charge on any atom is 0.239 e. The topological polar surface area (TPSA) is 29.1 Å². The SMILES string of the molecule is CC1(C)C=C(NC(=O)CCl)CC(C)(C)C1. The number of carbonyl (C=O) groups is 1. The molecule has 0 saturated heterocycles. The van der Waals surface area contributed by atoms with Gasteiger partial charge in [-0.3, -0.25) is 4.79 Å². The summed E-state index contributed by atoms with van der Waals surface area (Å²) in [5.41, 5.74) is 1.41. The number of halogens is 1. The zero-order chi connectivity index (χ0) is 11.7. The Bertz CT molecular complexity index is 292. The number of hydrogen-bond donors (Lipinski definition) is 1. The van der Waals surface area contributed by atoms with E-state index in [0.29, 0.717) is 0 Å². The van der Waals surface area contributed by atoms with E-state index in [9.17, 15) is 4.79 Å². The summed E-state index contributed by atoms with van der Waals surface area (Å²) in [7, 11) is 0. The fraction of sp³-hybridized carbons (Fsp3) is 0.750. The van der Waals surface area contributed by atoms with Gasteiger partial charge in [-0.15, -0.1) is 11.6 Å². The van der Waals surface area contributed by atoms with Crippen LogP contribution in [0.25, 0.3) is 0 Å². The molecule has 1 aliphatic rings. The molecule has 0 atom stereocenters. The van der Waals surface area contributed by atoms with Crippen LogP contribution in [0.2, 0.25) is 0 Å². The third kappa shape index (κ3) is 3.86. The zero-order valence-corrected chi connectivity index (χ0v) is 10.7. The van der Waals surface area contributed by atoms with Crippen molar-refractivity contribution >= 4 is 17.5 Å². The molecule has 0 radical (unpaired) electrons. The summed E-state index contributed by atoms with van der Waals surface area (Å²) in [4.78, 5) is 11.2. The quantitative estimate of drug-likeness (QED) is 0.725. The van der Waals surface area contributed by atoms with Crippen molar-refractivity contribution in [2.75, 3.05) is 5.88 Å². The van der Waals surface area contributed by atoms with Gasteiger partial charge in [0.2, 0.25) is 5.91 Å². The maximum atomic E-state index is 11.2. The van der Waals surface area contributed by atoms with Crippen molar-refractivity contribution in [1.29, 1.82) is 0 Å². The third-order valence-electron chi connectivity index (χ3n) is 2.59. The Morgan fingerprint density at radius 3 is 2.53 bits per heavy atom. The van der Waals surface area contributed by atoms with Crippen LogP contribution >= 0.6 is 11.6 Å². The molecule has 1 amide bonds. The van der Waals surface area contributed by atoms with Crippen LogP contribution < -0.4 is 5.32 Å². The highest BCUT2D eigenvalue weighted by Crippen LogP contribution is 2.43. The van der Waals surface area contributed by atoms with Crippen molar-refractivity contribution in [1.82, 2.24) is 5.32 Å². The summed E-state index contributed by atoms with van der Waals surface area (Å²) in [5, 5.41) is 2.87. The van der Waals surface area contributed by atoms with Gasteiger partial charge in [0, 0.05) is 5.70 Å². The summed E-state index contributed by atoms with van der Waals surface area (Å²) in [6.45, 7) is 8.85. The highest BCUT2D eigenvalue weighted by atomic mass is 35.5. The number of hydrogen-bond acceptors (Lipinski definition) is 1. The lowest BCUT2D eigenvalue weighted by Gasteiger charge is -2.39. The first-order valence-electron chi connectivity index (χ1n) is 5.32. The van der Waals surface area contributed by atoms with Crippen LogP contribution in [-0.2, 0) is 4.79 Å². The monoisotopic (exact) mass is 229 g/mol. The maximum absolute atomic E-state index is 11.2. The lowest BCUT2D eigenvalue weighted by Crippen LogP contribution is -2.34. The zero-order valence-electron chi connectivity index (χ0n) is 9.98. The molecule has 0 heterocycles. The van der Waals surface area contributed by atoms with Gasteiger partial charge in [0.1, 0.15) is 5.88 Å². The molecule has 15 heavy (non-hydrogen) atoms. The Hall–Kier alpha value is -0.500. The first-order valence-corrected chi connectivity index (χ1v) is 5.85. The van der Waals surface area contributed by atoms with Crippen LogP contribution in [0.4, 0.5) is 0 Å². The fourth-order valence-electron chi connectivity index (χ4n) is 2.68. The van der Waals surface area contributed by atoms with E-state index >= 15 is 0 Å². The van der Waals surface area contributed by atoms with Crippen molar-refractivity contribution in [2.24, 2.45) is 10.8 Å². The number of carbonyl (C=O) groups excluding carboxylic acids is 1. The second-order valence-electron chi connectivity index (χ2n) is 5.86. The summed E-state index contributed by atoms with van der Waals surface area (Å²) in [5.74, 6) is -0.0884. The smallest absolute Gasteiger partial charge is 0.239 e. The molecule has 0 saturated carbocycles. The normalized spacial score (nSPS) is 23.1. The Kier molecular flexibility index (Phi) is 3.49.